The van der Waals surface area contributed by atoms with Crippen LogP contribution in [0.2, 0.25) is 0 Å². The number of nitrogens with zero attached hydrogens (tertiary/aromatic N) is 2. The molecule has 1 rings (SSSR count). The van der Waals surface area contributed by atoms with Crippen LogP contribution in [-0.4, -0.2) is 21.9 Å². The molecule has 0 aliphatic heterocycles. The smallest absolute Gasteiger partial charge is 0.240 e. The molecule has 1 unspecified atom stereocenters. The van der Waals surface area contributed by atoms with Crippen molar-refractivity contribution in [2.45, 2.75) is 19.9 Å². The van der Waals surface area contributed by atoms with Crippen LogP contribution in [0.25, 0.3) is 0 Å². The number of rotatable bonds is 4. The first-order valence-corrected chi connectivity index (χ1v) is 4.64. The fourth-order valence-electron chi connectivity index (χ4n) is 1.17. The van der Waals surface area contributed by atoms with Gasteiger partial charge in [-0.1, -0.05) is 13.8 Å². The molecule has 0 aliphatic carbocycles. The first kappa shape index (κ1) is 11.2. The molecule has 5 N–H and O–H groups in total. The van der Waals surface area contributed by atoms with Crippen molar-refractivity contribution < 1.29 is 4.79 Å². The van der Waals surface area contributed by atoms with E-state index < -0.39 is 11.9 Å². The monoisotopic (exact) mass is 209 g/mol. The number of anilines is 2. The summed E-state index contributed by atoms with van der Waals surface area (Å²) in [4.78, 5) is 19.0. The zero-order chi connectivity index (χ0) is 11.4. The lowest BCUT2D eigenvalue weighted by Crippen LogP contribution is -2.40. The summed E-state index contributed by atoms with van der Waals surface area (Å²) in [7, 11) is 0. The molecule has 1 aromatic rings. The molecule has 15 heavy (non-hydrogen) atoms. The maximum atomic E-state index is 11.1. The minimum atomic E-state index is -0.496. The first-order chi connectivity index (χ1) is 7.02. The van der Waals surface area contributed by atoms with E-state index >= 15 is 0 Å². The minimum Gasteiger partial charge on any atom is -0.381 e. The number of nitrogens with two attached hydrogens (primary N) is 2. The van der Waals surface area contributed by atoms with Crippen molar-refractivity contribution in [2.75, 3.05) is 11.1 Å². The van der Waals surface area contributed by atoms with Crippen molar-refractivity contribution in [1.29, 1.82) is 0 Å². The summed E-state index contributed by atoms with van der Waals surface area (Å²) in [6.07, 6.45) is 2.98. The lowest BCUT2D eigenvalue weighted by Gasteiger charge is -2.19. The van der Waals surface area contributed by atoms with E-state index in [9.17, 15) is 4.79 Å². The quantitative estimate of drug-likeness (QED) is 0.646. The van der Waals surface area contributed by atoms with Crippen molar-refractivity contribution in [3.05, 3.63) is 12.4 Å². The fraction of sp³-hybridized carbons (Fsp3) is 0.444. The fourth-order valence-corrected chi connectivity index (χ4v) is 1.17. The topological polar surface area (TPSA) is 107 Å². The van der Waals surface area contributed by atoms with Gasteiger partial charge in [0.05, 0.1) is 0 Å². The second-order valence-electron chi connectivity index (χ2n) is 3.56. The van der Waals surface area contributed by atoms with Gasteiger partial charge in [-0.2, -0.15) is 0 Å². The van der Waals surface area contributed by atoms with E-state index in [2.05, 4.69) is 15.3 Å². The summed E-state index contributed by atoms with van der Waals surface area (Å²) in [6, 6.07) is -0.496. The second-order valence-corrected chi connectivity index (χ2v) is 3.56. The molecule has 6 nitrogen and oxygen atoms in total. The van der Waals surface area contributed by atoms with E-state index in [1.165, 1.54) is 12.4 Å². The molecule has 1 heterocycles. The van der Waals surface area contributed by atoms with Crippen LogP contribution in [0.5, 0.6) is 0 Å². The first-order valence-electron chi connectivity index (χ1n) is 4.64. The summed E-state index contributed by atoms with van der Waals surface area (Å²) in [5, 5.41) is 2.87. The molecule has 0 spiro atoms. The molecule has 1 amide bonds. The molecule has 6 heteroatoms. The molecular weight excluding hydrogens is 194 g/mol. The van der Waals surface area contributed by atoms with Gasteiger partial charge < -0.3 is 16.8 Å². The third-order valence-electron chi connectivity index (χ3n) is 1.99. The van der Waals surface area contributed by atoms with Crippen LogP contribution in [0.15, 0.2) is 12.4 Å². The second kappa shape index (κ2) is 4.59. The highest BCUT2D eigenvalue weighted by Crippen LogP contribution is 2.14. The number of aromatic nitrogens is 2. The van der Waals surface area contributed by atoms with E-state index in [4.69, 9.17) is 11.5 Å². The number of primary amides is 1. The number of nitrogen functional groups attached to an aromatic ring is 1. The molecule has 82 valence electrons. The zero-order valence-electron chi connectivity index (χ0n) is 8.77. The molecule has 1 aromatic heterocycles. The van der Waals surface area contributed by atoms with Crippen LogP contribution < -0.4 is 16.8 Å². The van der Waals surface area contributed by atoms with Crippen LogP contribution in [0.4, 0.5) is 11.6 Å². The van der Waals surface area contributed by atoms with Gasteiger partial charge in [-0.15, -0.1) is 0 Å². The summed E-state index contributed by atoms with van der Waals surface area (Å²) < 4.78 is 0. The Bertz CT molecular complexity index is 352. The average Bonchev–Trinajstić information content (AvgIpc) is 2.15. The van der Waals surface area contributed by atoms with Gasteiger partial charge in [-0.05, 0) is 5.92 Å². The Morgan fingerprint density at radius 2 is 2.00 bits per heavy atom. The van der Waals surface area contributed by atoms with Crippen molar-refractivity contribution in [3.63, 3.8) is 0 Å². The number of amides is 1. The zero-order valence-corrected chi connectivity index (χ0v) is 8.77. The maximum Gasteiger partial charge on any atom is 0.240 e. The molecule has 0 aliphatic rings. The summed E-state index contributed by atoms with van der Waals surface area (Å²) in [5.41, 5.74) is 10.8. The molecule has 0 fully saturated rings. The highest BCUT2D eigenvalue weighted by molar-refractivity contribution is 5.83. The molecular formula is C9H15N5O. The van der Waals surface area contributed by atoms with Crippen LogP contribution in [0.3, 0.4) is 0 Å². The van der Waals surface area contributed by atoms with Gasteiger partial charge in [0, 0.05) is 12.4 Å². The van der Waals surface area contributed by atoms with E-state index in [0.717, 1.165) is 0 Å². The Morgan fingerprint density at radius 3 is 2.47 bits per heavy atom. The molecule has 0 aromatic carbocycles. The lowest BCUT2D eigenvalue weighted by atomic mass is 10.0. The predicted molar refractivity (Wildman–Crippen MR) is 57.9 cm³/mol. The maximum absolute atomic E-state index is 11.1. The number of carbonyl (C=O) groups excluding carboxylic acids is 1. The van der Waals surface area contributed by atoms with Gasteiger partial charge in [-0.3, -0.25) is 4.79 Å². The van der Waals surface area contributed by atoms with Gasteiger partial charge in [0.1, 0.15) is 6.04 Å². The van der Waals surface area contributed by atoms with Crippen LogP contribution in [0.1, 0.15) is 13.8 Å². The van der Waals surface area contributed by atoms with Crippen molar-refractivity contribution in [3.8, 4) is 0 Å². The van der Waals surface area contributed by atoms with E-state index in [0.29, 0.717) is 5.82 Å². The standard InChI is InChI=1S/C9H15N5O/c1-5(2)6(8(11)15)14-9-7(10)12-3-4-13-9/h3-6H,1-2H3,(H2,10,12)(H2,11,15)(H,13,14). The Balaban J connectivity index is 2.84. The predicted octanol–water partition coefficient (Wildman–Crippen LogP) is -0.0194. The Labute approximate surface area is 88.1 Å². The van der Waals surface area contributed by atoms with Gasteiger partial charge in [0.15, 0.2) is 11.6 Å². The van der Waals surface area contributed by atoms with Crippen LogP contribution in [-0.2, 0) is 4.79 Å². The molecule has 0 saturated carbocycles. The minimum absolute atomic E-state index is 0.0592. The largest absolute Gasteiger partial charge is 0.381 e. The highest BCUT2D eigenvalue weighted by atomic mass is 16.1. The number of hydrogen-bond donors (Lipinski definition) is 3. The van der Waals surface area contributed by atoms with Crippen molar-refractivity contribution in [2.24, 2.45) is 11.7 Å². The average molecular weight is 209 g/mol. The third kappa shape index (κ3) is 2.80. The van der Waals surface area contributed by atoms with Gasteiger partial charge in [-0.25, -0.2) is 9.97 Å². The summed E-state index contributed by atoms with van der Waals surface area (Å²) in [5.74, 6) is 0.262. The Kier molecular flexibility index (Phi) is 3.43. The molecule has 1 atom stereocenters. The Morgan fingerprint density at radius 1 is 1.40 bits per heavy atom. The SMILES string of the molecule is CC(C)C(Nc1nccnc1N)C(N)=O. The van der Waals surface area contributed by atoms with Gasteiger partial charge in [0.25, 0.3) is 0 Å². The number of nitrogens with one attached hydrogen (secondary N) is 1. The van der Waals surface area contributed by atoms with Gasteiger partial charge in [0.2, 0.25) is 5.91 Å². The van der Waals surface area contributed by atoms with Crippen LogP contribution >= 0.6 is 0 Å². The van der Waals surface area contributed by atoms with Crippen LogP contribution in [0, 0.1) is 5.92 Å². The lowest BCUT2D eigenvalue weighted by molar-refractivity contribution is -0.119. The normalized spacial score (nSPS) is 12.5. The number of hydrogen-bond acceptors (Lipinski definition) is 5. The van der Waals surface area contributed by atoms with E-state index in [1.54, 1.807) is 0 Å². The summed E-state index contributed by atoms with van der Waals surface area (Å²) >= 11 is 0. The Hall–Kier alpha value is -1.85. The van der Waals surface area contributed by atoms with E-state index in [1.807, 2.05) is 13.8 Å². The summed E-state index contributed by atoms with van der Waals surface area (Å²) in [6.45, 7) is 3.77. The molecule has 0 radical (unpaired) electrons. The van der Waals surface area contributed by atoms with Crippen molar-refractivity contribution in [1.82, 2.24) is 9.97 Å². The third-order valence-corrected chi connectivity index (χ3v) is 1.99. The molecule has 0 saturated heterocycles. The van der Waals surface area contributed by atoms with Crippen molar-refractivity contribution >= 4 is 17.5 Å². The highest BCUT2D eigenvalue weighted by Gasteiger charge is 2.20. The van der Waals surface area contributed by atoms with E-state index in [-0.39, 0.29) is 11.7 Å². The molecule has 0 bridgehead atoms. The van der Waals surface area contributed by atoms with Gasteiger partial charge >= 0.3 is 0 Å². The number of carbonyl (C=O) groups is 1.